The first-order valence-corrected chi connectivity index (χ1v) is 5.14. The number of aryl methyl sites for hydroxylation is 1. The third-order valence-electron chi connectivity index (χ3n) is 3.24. The Kier molecular flexibility index (Phi) is 2.39. The van der Waals surface area contributed by atoms with E-state index in [0.29, 0.717) is 0 Å². The van der Waals surface area contributed by atoms with Gasteiger partial charge < -0.3 is 10.2 Å². The van der Waals surface area contributed by atoms with Crippen molar-refractivity contribution in [1.29, 1.82) is 0 Å². The minimum absolute atomic E-state index is 0.0955. The molecule has 0 saturated carbocycles. The van der Waals surface area contributed by atoms with Gasteiger partial charge in [-0.3, -0.25) is 4.79 Å². The van der Waals surface area contributed by atoms with Crippen molar-refractivity contribution in [2.24, 2.45) is 5.92 Å². The molecule has 0 saturated heterocycles. The number of carboxylic acids is 1. The van der Waals surface area contributed by atoms with Gasteiger partial charge in [0, 0.05) is 0 Å². The van der Waals surface area contributed by atoms with E-state index in [4.69, 9.17) is 5.11 Å². The van der Waals surface area contributed by atoms with Crippen LogP contribution in [0.15, 0.2) is 18.2 Å². The highest BCUT2D eigenvalue weighted by molar-refractivity contribution is 5.71. The molecule has 0 fully saturated rings. The van der Waals surface area contributed by atoms with Gasteiger partial charge in [-0.25, -0.2) is 0 Å². The molecule has 1 aromatic carbocycles. The SMILES string of the molecule is CC(C(=O)O)[C@H]1CCc2cc(O)ccc21. The number of carboxylic acid groups (broad SMARTS) is 1. The Morgan fingerprint density at radius 1 is 1.53 bits per heavy atom. The zero-order chi connectivity index (χ0) is 11.0. The fraction of sp³-hybridized carbons (Fsp3) is 0.417. The molecule has 0 aromatic heterocycles. The molecule has 2 rings (SSSR count). The van der Waals surface area contributed by atoms with Gasteiger partial charge in [-0.15, -0.1) is 0 Å². The van der Waals surface area contributed by atoms with Crippen LogP contribution in [-0.2, 0) is 11.2 Å². The van der Waals surface area contributed by atoms with E-state index in [0.717, 1.165) is 24.0 Å². The predicted octanol–water partition coefficient (Wildman–Crippen LogP) is 2.14. The summed E-state index contributed by atoms with van der Waals surface area (Å²) < 4.78 is 0. The van der Waals surface area contributed by atoms with Gasteiger partial charge in [0.25, 0.3) is 0 Å². The van der Waals surface area contributed by atoms with Gasteiger partial charge in [0.05, 0.1) is 5.92 Å². The van der Waals surface area contributed by atoms with Gasteiger partial charge >= 0.3 is 5.97 Å². The molecule has 0 bridgehead atoms. The Labute approximate surface area is 88.4 Å². The van der Waals surface area contributed by atoms with Gasteiger partial charge in [0.15, 0.2) is 0 Å². The molecular formula is C12H14O3. The molecule has 1 aliphatic rings. The van der Waals surface area contributed by atoms with E-state index in [1.165, 1.54) is 0 Å². The molecule has 0 heterocycles. The molecule has 15 heavy (non-hydrogen) atoms. The predicted molar refractivity (Wildman–Crippen MR) is 56.0 cm³/mol. The monoisotopic (exact) mass is 206 g/mol. The molecular weight excluding hydrogens is 192 g/mol. The molecule has 2 N–H and O–H groups in total. The van der Waals surface area contributed by atoms with Crippen molar-refractivity contribution >= 4 is 5.97 Å². The first kappa shape index (κ1) is 10.0. The fourth-order valence-corrected chi connectivity index (χ4v) is 2.33. The Hall–Kier alpha value is -1.51. The molecule has 2 atom stereocenters. The Morgan fingerprint density at radius 3 is 2.93 bits per heavy atom. The molecule has 0 amide bonds. The maximum atomic E-state index is 10.9. The van der Waals surface area contributed by atoms with Crippen LogP contribution in [-0.4, -0.2) is 16.2 Å². The average molecular weight is 206 g/mol. The van der Waals surface area contributed by atoms with E-state index in [1.807, 2.05) is 6.07 Å². The van der Waals surface area contributed by atoms with Crippen molar-refractivity contribution in [3.8, 4) is 5.75 Å². The number of rotatable bonds is 2. The highest BCUT2D eigenvalue weighted by atomic mass is 16.4. The van der Waals surface area contributed by atoms with E-state index in [2.05, 4.69) is 0 Å². The van der Waals surface area contributed by atoms with Crippen LogP contribution in [0.5, 0.6) is 5.75 Å². The largest absolute Gasteiger partial charge is 0.508 e. The van der Waals surface area contributed by atoms with Crippen molar-refractivity contribution in [3.63, 3.8) is 0 Å². The number of hydrogen-bond acceptors (Lipinski definition) is 2. The topological polar surface area (TPSA) is 57.5 Å². The standard InChI is InChI=1S/C12H14O3/c1-7(12(14)15)10-4-2-8-6-9(13)3-5-11(8)10/h3,5-7,10,13H,2,4H2,1H3,(H,14,15)/t7?,10-/m1/s1. The smallest absolute Gasteiger partial charge is 0.306 e. The van der Waals surface area contributed by atoms with Crippen LogP contribution in [0.4, 0.5) is 0 Å². The molecule has 0 aliphatic heterocycles. The fourth-order valence-electron chi connectivity index (χ4n) is 2.33. The molecule has 0 spiro atoms. The van der Waals surface area contributed by atoms with Gasteiger partial charge in [-0.05, 0) is 42.0 Å². The van der Waals surface area contributed by atoms with Gasteiger partial charge in [-0.1, -0.05) is 13.0 Å². The van der Waals surface area contributed by atoms with E-state index in [1.54, 1.807) is 19.1 Å². The maximum absolute atomic E-state index is 10.9. The van der Waals surface area contributed by atoms with Crippen LogP contribution in [0.1, 0.15) is 30.4 Å². The van der Waals surface area contributed by atoms with Crippen LogP contribution in [0.2, 0.25) is 0 Å². The number of phenols is 1. The normalized spacial score (nSPS) is 21.0. The van der Waals surface area contributed by atoms with E-state index < -0.39 is 5.97 Å². The number of benzene rings is 1. The molecule has 1 unspecified atom stereocenters. The molecule has 3 nitrogen and oxygen atoms in total. The van der Waals surface area contributed by atoms with Gasteiger partial charge in [0.1, 0.15) is 5.75 Å². The summed E-state index contributed by atoms with van der Waals surface area (Å²) in [4.78, 5) is 10.9. The summed E-state index contributed by atoms with van der Waals surface area (Å²) in [5.41, 5.74) is 2.18. The van der Waals surface area contributed by atoms with E-state index in [-0.39, 0.29) is 17.6 Å². The maximum Gasteiger partial charge on any atom is 0.306 e. The number of hydrogen-bond donors (Lipinski definition) is 2. The lowest BCUT2D eigenvalue weighted by Crippen LogP contribution is -2.17. The molecule has 3 heteroatoms. The summed E-state index contributed by atoms with van der Waals surface area (Å²) in [6, 6.07) is 5.22. The first-order chi connectivity index (χ1) is 7.09. The molecule has 1 aliphatic carbocycles. The summed E-state index contributed by atoms with van der Waals surface area (Å²) >= 11 is 0. The van der Waals surface area contributed by atoms with Crippen LogP contribution < -0.4 is 0 Å². The van der Waals surface area contributed by atoms with Crippen LogP contribution >= 0.6 is 0 Å². The lowest BCUT2D eigenvalue weighted by molar-refractivity contribution is -0.141. The van der Waals surface area contributed by atoms with Crippen LogP contribution in [0.3, 0.4) is 0 Å². The quantitative estimate of drug-likeness (QED) is 0.779. The minimum atomic E-state index is -0.749. The highest BCUT2D eigenvalue weighted by Gasteiger charge is 2.31. The molecule has 0 radical (unpaired) electrons. The second-order valence-electron chi connectivity index (χ2n) is 4.16. The van der Waals surface area contributed by atoms with Crippen molar-refractivity contribution in [2.75, 3.05) is 0 Å². The average Bonchev–Trinajstić information content (AvgIpc) is 2.59. The van der Waals surface area contributed by atoms with Crippen molar-refractivity contribution in [3.05, 3.63) is 29.3 Å². The van der Waals surface area contributed by atoms with Crippen molar-refractivity contribution < 1.29 is 15.0 Å². The lowest BCUT2D eigenvalue weighted by atomic mass is 9.89. The van der Waals surface area contributed by atoms with Crippen LogP contribution in [0.25, 0.3) is 0 Å². The van der Waals surface area contributed by atoms with E-state index in [9.17, 15) is 9.90 Å². The number of aromatic hydroxyl groups is 1. The zero-order valence-corrected chi connectivity index (χ0v) is 8.60. The third-order valence-corrected chi connectivity index (χ3v) is 3.24. The Balaban J connectivity index is 2.32. The highest BCUT2D eigenvalue weighted by Crippen LogP contribution is 2.39. The summed E-state index contributed by atoms with van der Waals surface area (Å²) in [6.07, 6.45) is 1.73. The van der Waals surface area contributed by atoms with E-state index >= 15 is 0 Å². The van der Waals surface area contributed by atoms with Crippen molar-refractivity contribution in [1.82, 2.24) is 0 Å². The summed E-state index contributed by atoms with van der Waals surface area (Å²) in [5.74, 6) is -0.743. The number of carbonyl (C=O) groups is 1. The first-order valence-electron chi connectivity index (χ1n) is 5.14. The number of phenolic OH excluding ortho intramolecular Hbond substituents is 1. The van der Waals surface area contributed by atoms with Crippen molar-refractivity contribution in [2.45, 2.75) is 25.7 Å². The summed E-state index contributed by atoms with van der Waals surface area (Å²) in [5, 5.41) is 18.3. The molecule has 80 valence electrons. The lowest BCUT2D eigenvalue weighted by Gasteiger charge is -2.15. The minimum Gasteiger partial charge on any atom is -0.508 e. The zero-order valence-electron chi connectivity index (χ0n) is 8.60. The van der Waals surface area contributed by atoms with Crippen LogP contribution in [0, 0.1) is 5.92 Å². The van der Waals surface area contributed by atoms with Gasteiger partial charge in [0.2, 0.25) is 0 Å². The van der Waals surface area contributed by atoms with Gasteiger partial charge in [-0.2, -0.15) is 0 Å². The number of fused-ring (bicyclic) bond motifs is 1. The second-order valence-corrected chi connectivity index (χ2v) is 4.16. The Bertz CT molecular complexity index is 398. The molecule has 1 aromatic rings. The third kappa shape index (κ3) is 1.69. The second kappa shape index (κ2) is 3.57. The number of aliphatic carboxylic acids is 1. The summed E-state index contributed by atoms with van der Waals surface area (Å²) in [7, 11) is 0. The Morgan fingerprint density at radius 2 is 2.27 bits per heavy atom. The summed E-state index contributed by atoms with van der Waals surface area (Å²) in [6.45, 7) is 1.74.